The summed E-state index contributed by atoms with van der Waals surface area (Å²) in [5.74, 6) is -0.343. The van der Waals surface area contributed by atoms with Crippen molar-refractivity contribution < 1.29 is 23.8 Å². The fraction of sp³-hybridized carbons (Fsp3) is 0.417. The molecule has 1 saturated heterocycles. The molecule has 2 aromatic carbocycles. The Morgan fingerprint density at radius 1 is 1.16 bits per heavy atom. The van der Waals surface area contributed by atoms with Gasteiger partial charge in [-0.2, -0.15) is 0 Å². The number of hydrogen-bond acceptors (Lipinski definition) is 4. The predicted molar refractivity (Wildman–Crippen MR) is 115 cm³/mol. The standard InChI is InChI=1S/C24H29FN2O4/c1-16-5-3-6-17(2)27(16)23(29)15-31-21-11-9-18(10-12-21)24(30)26-14-22(28)19-7-4-8-20(25)13-19/h4,7-13,16-17,22,28H,3,5-6,14-15H2,1-2H3,(H,26,30). The molecule has 2 aromatic rings. The van der Waals surface area contributed by atoms with E-state index >= 15 is 0 Å². The van der Waals surface area contributed by atoms with Crippen LogP contribution in [0.2, 0.25) is 0 Å². The molecule has 0 spiro atoms. The van der Waals surface area contributed by atoms with E-state index in [9.17, 15) is 19.1 Å². The molecule has 1 aliphatic heterocycles. The van der Waals surface area contributed by atoms with Gasteiger partial charge in [-0.25, -0.2) is 4.39 Å². The molecule has 0 bridgehead atoms. The van der Waals surface area contributed by atoms with Crippen LogP contribution in [0, 0.1) is 5.82 Å². The van der Waals surface area contributed by atoms with Gasteiger partial charge >= 0.3 is 0 Å². The van der Waals surface area contributed by atoms with Crippen molar-refractivity contribution in [3.63, 3.8) is 0 Å². The molecule has 2 N–H and O–H groups in total. The topological polar surface area (TPSA) is 78.9 Å². The minimum atomic E-state index is -1.01. The van der Waals surface area contributed by atoms with E-state index in [1.165, 1.54) is 18.2 Å². The van der Waals surface area contributed by atoms with Crippen molar-refractivity contribution in [3.05, 3.63) is 65.5 Å². The fourth-order valence-electron chi connectivity index (χ4n) is 3.96. The first-order valence-electron chi connectivity index (χ1n) is 10.6. The number of piperidine rings is 1. The second-order valence-corrected chi connectivity index (χ2v) is 8.02. The second-order valence-electron chi connectivity index (χ2n) is 8.02. The number of aliphatic hydroxyl groups is 1. The lowest BCUT2D eigenvalue weighted by molar-refractivity contribution is -0.139. The molecule has 2 amide bonds. The predicted octanol–water partition coefficient (Wildman–Crippen LogP) is 3.46. The van der Waals surface area contributed by atoms with Crippen molar-refractivity contribution >= 4 is 11.8 Å². The number of halogens is 1. The largest absolute Gasteiger partial charge is 0.484 e. The fourth-order valence-corrected chi connectivity index (χ4v) is 3.96. The smallest absolute Gasteiger partial charge is 0.260 e. The molecule has 0 saturated carbocycles. The van der Waals surface area contributed by atoms with E-state index in [1.54, 1.807) is 30.3 Å². The maximum Gasteiger partial charge on any atom is 0.260 e. The van der Waals surface area contributed by atoms with E-state index in [-0.39, 0.29) is 37.0 Å². The number of ether oxygens (including phenoxy) is 1. The lowest BCUT2D eigenvalue weighted by Gasteiger charge is -2.38. The normalized spacial score (nSPS) is 19.5. The van der Waals surface area contributed by atoms with Gasteiger partial charge < -0.3 is 20.1 Å². The van der Waals surface area contributed by atoms with Gasteiger partial charge in [0.05, 0.1) is 6.10 Å². The average molecular weight is 429 g/mol. The molecule has 1 aliphatic rings. The Labute approximate surface area is 182 Å². The second kappa shape index (κ2) is 10.4. The van der Waals surface area contributed by atoms with Crippen molar-refractivity contribution in [1.29, 1.82) is 0 Å². The van der Waals surface area contributed by atoms with E-state index < -0.39 is 11.9 Å². The molecule has 1 fully saturated rings. The Kier molecular flexibility index (Phi) is 7.63. The number of likely N-dealkylation sites (tertiary alicyclic amines) is 1. The van der Waals surface area contributed by atoms with Crippen molar-refractivity contribution in [2.24, 2.45) is 0 Å². The summed E-state index contributed by atoms with van der Waals surface area (Å²) in [6, 6.07) is 12.5. The molecule has 6 nitrogen and oxygen atoms in total. The van der Waals surface area contributed by atoms with Gasteiger partial charge in [0.25, 0.3) is 11.8 Å². The first-order chi connectivity index (χ1) is 14.8. The van der Waals surface area contributed by atoms with Crippen LogP contribution in [-0.4, -0.2) is 47.1 Å². The zero-order valence-corrected chi connectivity index (χ0v) is 17.9. The minimum Gasteiger partial charge on any atom is -0.484 e. The molecule has 3 unspecified atom stereocenters. The SMILES string of the molecule is CC1CCCC(C)N1C(=O)COc1ccc(C(=O)NCC(O)c2cccc(F)c2)cc1. The van der Waals surface area contributed by atoms with Crippen LogP contribution in [-0.2, 0) is 4.79 Å². The Bertz CT molecular complexity index is 893. The third-order valence-corrected chi connectivity index (χ3v) is 5.65. The quantitative estimate of drug-likeness (QED) is 0.708. The summed E-state index contributed by atoms with van der Waals surface area (Å²) < 4.78 is 18.9. The summed E-state index contributed by atoms with van der Waals surface area (Å²) in [5, 5.41) is 12.7. The molecule has 3 atom stereocenters. The monoisotopic (exact) mass is 428 g/mol. The van der Waals surface area contributed by atoms with Gasteiger partial charge in [-0.1, -0.05) is 12.1 Å². The highest BCUT2D eigenvalue weighted by molar-refractivity contribution is 5.94. The molecule has 31 heavy (non-hydrogen) atoms. The number of rotatable bonds is 7. The number of nitrogens with zero attached hydrogens (tertiary/aromatic N) is 1. The highest BCUT2D eigenvalue weighted by atomic mass is 19.1. The zero-order valence-electron chi connectivity index (χ0n) is 17.9. The maximum atomic E-state index is 13.3. The first-order valence-corrected chi connectivity index (χ1v) is 10.6. The van der Waals surface area contributed by atoms with Crippen molar-refractivity contribution in [1.82, 2.24) is 10.2 Å². The van der Waals surface area contributed by atoms with Gasteiger partial charge in [-0.3, -0.25) is 9.59 Å². The molecule has 0 aliphatic carbocycles. The van der Waals surface area contributed by atoms with Gasteiger partial charge in [0, 0.05) is 24.2 Å². The van der Waals surface area contributed by atoms with Crippen LogP contribution in [0.4, 0.5) is 4.39 Å². The Hall–Kier alpha value is -2.93. The van der Waals surface area contributed by atoms with Gasteiger partial charge in [-0.15, -0.1) is 0 Å². The van der Waals surface area contributed by atoms with Gasteiger partial charge in [0.15, 0.2) is 6.61 Å². The number of nitrogens with one attached hydrogen (secondary N) is 1. The van der Waals surface area contributed by atoms with Gasteiger partial charge in [-0.05, 0) is 75.1 Å². The van der Waals surface area contributed by atoms with Crippen LogP contribution in [0.5, 0.6) is 5.75 Å². The van der Waals surface area contributed by atoms with Crippen LogP contribution in [0.25, 0.3) is 0 Å². The van der Waals surface area contributed by atoms with E-state index in [4.69, 9.17) is 4.74 Å². The van der Waals surface area contributed by atoms with Crippen molar-refractivity contribution in [2.45, 2.75) is 51.3 Å². The lowest BCUT2D eigenvalue weighted by atomic mass is 9.97. The Morgan fingerprint density at radius 3 is 2.48 bits per heavy atom. The van der Waals surface area contributed by atoms with Crippen LogP contribution in [0.3, 0.4) is 0 Å². The molecular formula is C24H29FN2O4. The number of amides is 2. The summed E-state index contributed by atoms with van der Waals surface area (Å²) in [6.07, 6.45) is 2.14. The van der Waals surface area contributed by atoms with Gasteiger partial charge in [0.2, 0.25) is 0 Å². The first kappa shape index (κ1) is 22.7. The summed E-state index contributed by atoms with van der Waals surface area (Å²) in [4.78, 5) is 26.7. The molecule has 166 valence electrons. The van der Waals surface area contributed by atoms with Crippen LogP contribution >= 0.6 is 0 Å². The maximum absolute atomic E-state index is 13.3. The Morgan fingerprint density at radius 2 is 1.84 bits per heavy atom. The summed E-state index contributed by atoms with van der Waals surface area (Å²) >= 11 is 0. The third kappa shape index (κ3) is 6.04. The summed E-state index contributed by atoms with van der Waals surface area (Å²) in [6.45, 7) is 4.04. The molecule has 0 aromatic heterocycles. The number of carbonyl (C=O) groups excluding carboxylic acids is 2. The molecule has 0 radical (unpaired) electrons. The number of carbonyl (C=O) groups is 2. The molecule has 3 rings (SSSR count). The van der Waals surface area contributed by atoms with E-state index in [2.05, 4.69) is 19.2 Å². The van der Waals surface area contributed by atoms with Crippen LogP contribution in [0.15, 0.2) is 48.5 Å². The lowest BCUT2D eigenvalue weighted by Crippen LogP contribution is -2.49. The van der Waals surface area contributed by atoms with Crippen molar-refractivity contribution in [3.8, 4) is 5.75 Å². The molecular weight excluding hydrogens is 399 g/mol. The average Bonchev–Trinajstić information content (AvgIpc) is 2.76. The number of benzene rings is 2. The van der Waals surface area contributed by atoms with Crippen LogP contribution in [0.1, 0.15) is 55.1 Å². The summed E-state index contributed by atoms with van der Waals surface area (Å²) in [5.41, 5.74) is 0.787. The highest BCUT2D eigenvalue weighted by Gasteiger charge is 2.29. The summed E-state index contributed by atoms with van der Waals surface area (Å²) in [7, 11) is 0. The van der Waals surface area contributed by atoms with Gasteiger partial charge in [0.1, 0.15) is 11.6 Å². The highest BCUT2D eigenvalue weighted by Crippen LogP contribution is 2.23. The number of hydrogen-bond donors (Lipinski definition) is 2. The minimum absolute atomic E-state index is 0.0344. The van der Waals surface area contributed by atoms with Crippen LogP contribution < -0.4 is 10.1 Å². The zero-order chi connectivity index (χ0) is 22.4. The van der Waals surface area contributed by atoms with Crippen molar-refractivity contribution in [2.75, 3.05) is 13.2 Å². The number of aliphatic hydroxyl groups excluding tert-OH is 1. The third-order valence-electron chi connectivity index (χ3n) is 5.65. The molecule has 7 heteroatoms. The molecule has 1 heterocycles. The Balaban J connectivity index is 1.49. The van der Waals surface area contributed by atoms with E-state index in [0.717, 1.165) is 19.3 Å². The van der Waals surface area contributed by atoms with E-state index in [1.807, 2.05) is 4.90 Å². The van der Waals surface area contributed by atoms with E-state index in [0.29, 0.717) is 16.9 Å².